The maximum Gasteiger partial charge on any atom is 0.305 e. The minimum atomic E-state index is -0.966. The molecule has 24 heavy (non-hydrogen) atoms. The quantitative estimate of drug-likeness (QED) is 0.836. The Balaban J connectivity index is 2.17. The van der Waals surface area contributed by atoms with Crippen molar-refractivity contribution >= 4 is 11.9 Å². The minimum absolute atomic E-state index is 0.107. The predicted octanol–water partition coefficient (Wildman–Crippen LogP) is 1.98. The summed E-state index contributed by atoms with van der Waals surface area (Å²) < 4.78 is 13.0. The van der Waals surface area contributed by atoms with E-state index < -0.39 is 5.97 Å². The van der Waals surface area contributed by atoms with Crippen LogP contribution in [0.2, 0.25) is 0 Å². The summed E-state index contributed by atoms with van der Waals surface area (Å²) in [5.74, 6) is -1.53. The zero-order valence-corrected chi connectivity index (χ0v) is 13.5. The number of benzene rings is 1. The van der Waals surface area contributed by atoms with Crippen LogP contribution in [0.4, 0.5) is 4.39 Å². The number of carboxylic acids is 1. The molecule has 1 heterocycles. The lowest BCUT2D eigenvalue weighted by Crippen LogP contribution is -2.36. The van der Waals surface area contributed by atoms with Crippen LogP contribution >= 0.6 is 0 Å². The number of carbonyl (C=O) groups excluding carboxylic acids is 1. The van der Waals surface area contributed by atoms with Gasteiger partial charge in [0.2, 0.25) is 0 Å². The van der Waals surface area contributed by atoms with Crippen molar-refractivity contribution in [2.24, 2.45) is 5.92 Å². The Kier molecular flexibility index (Phi) is 5.62. The molecule has 0 atom stereocenters. The third-order valence-electron chi connectivity index (χ3n) is 3.24. The first-order valence-electron chi connectivity index (χ1n) is 7.56. The van der Waals surface area contributed by atoms with E-state index in [0.29, 0.717) is 12.2 Å². The second-order valence-electron chi connectivity index (χ2n) is 5.78. The first kappa shape index (κ1) is 17.6. The Bertz CT molecular complexity index is 712. The maximum absolute atomic E-state index is 13.0. The monoisotopic (exact) mass is 334 g/mol. The Hall–Kier alpha value is -2.77. The van der Waals surface area contributed by atoms with Crippen LogP contribution in [0.5, 0.6) is 0 Å². The summed E-state index contributed by atoms with van der Waals surface area (Å²) in [6, 6.07) is 5.55. The molecule has 2 rings (SSSR count). The molecular weight excluding hydrogens is 315 g/mol. The van der Waals surface area contributed by atoms with Crippen LogP contribution in [0.1, 0.15) is 30.8 Å². The van der Waals surface area contributed by atoms with Crippen molar-refractivity contribution in [1.82, 2.24) is 19.9 Å². The van der Waals surface area contributed by atoms with Crippen molar-refractivity contribution in [1.29, 1.82) is 0 Å². The van der Waals surface area contributed by atoms with E-state index in [0.717, 1.165) is 0 Å². The van der Waals surface area contributed by atoms with E-state index in [1.54, 1.807) is 0 Å². The average molecular weight is 334 g/mol. The lowest BCUT2D eigenvalue weighted by Gasteiger charge is -2.22. The van der Waals surface area contributed by atoms with E-state index in [1.165, 1.54) is 40.2 Å². The van der Waals surface area contributed by atoms with Crippen LogP contribution in [0, 0.1) is 11.7 Å². The van der Waals surface area contributed by atoms with Crippen molar-refractivity contribution in [3.05, 3.63) is 42.0 Å². The first-order chi connectivity index (χ1) is 11.4. The number of aromatic nitrogens is 3. The summed E-state index contributed by atoms with van der Waals surface area (Å²) >= 11 is 0. The SMILES string of the molecule is CC(C)CN(CCC(=O)O)C(=O)c1cnn(-c2ccc(F)cc2)n1. The van der Waals surface area contributed by atoms with Gasteiger partial charge in [-0.2, -0.15) is 9.90 Å². The summed E-state index contributed by atoms with van der Waals surface area (Å²) in [6.45, 7) is 4.41. The molecule has 1 aromatic heterocycles. The van der Waals surface area contributed by atoms with Gasteiger partial charge in [-0.15, -0.1) is 5.10 Å². The van der Waals surface area contributed by atoms with Crippen molar-refractivity contribution < 1.29 is 19.1 Å². The van der Waals surface area contributed by atoms with Crippen LogP contribution in [-0.4, -0.2) is 50.0 Å². The number of hydrogen-bond acceptors (Lipinski definition) is 4. The van der Waals surface area contributed by atoms with Gasteiger partial charge in [0, 0.05) is 13.1 Å². The van der Waals surface area contributed by atoms with Crippen LogP contribution < -0.4 is 0 Å². The van der Waals surface area contributed by atoms with E-state index in [-0.39, 0.29) is 36.3 Å². The van der Waals surface area contributed by atoms with Gasteiger partial charge in [-0.25, -0.2) is 4.39 Å². The largest absolute Gasteiger partial charge is 0.481 e. The van der Waals surface area contributed by atoms with Crippen molar-refractivity contribution in [3.63, 3.8) is 0 Å². The number of halogens is 1. The lowest BCUT2D eigenvalue weighted by molar-refractivity contribution is -0.137. The fraction of sp³-hybridized carbons (Fsp3) is 0.375. The third kappa shape index (κ3) is 4.61. The molecule has 0 aliphatic rings. The van der Waals surface area contributed by atoms with Gasteiger partial charge in [0.1, 0.15) is 5.82 Å². The Labute approximate surface area is 138 Å². The zero-order chi connectivity index (χ0) is 17.7. The van der Waals surface area contributed by atoms with Crippen LogP contribution in [0.15, 0.2) is 30.5 Å². The van der Waals surface area contributed by atoms with E-state index in [9.17, 15) is 14.0 Å². The topological polar surface area (TPSA) is 88.3 Å². The molecule has 128 valence electrons. The van der Waals surface area contributed by atoms with E-state index in [4.69, 9.17) is 5.11 Å². The molecule has 0 aliphatic carbocycles. The third-order valence-corrected chi connectivity index (χ3v) is 3.24. The normalized spacial score (nSPS) is 10.8. The Morgan fingerprint density at radius 1 is 1.29 bits per heavy atom. The smallest absolute Gasteiger partial charge is 0.305 e. The van der Waals surface area contributed by atoms with Gasteiger partial charge >= 0.3 is 5.97 Å². The number of hydrogen-bond donors (Lipinski definition) is 1. The fourth-order valence-corrected chi connectivity index (χ4v) is 2.17. The molecule has 0 fully saturated rings. The fourth-order valence-electron chi connectivity index (χ4n) is 2.17. The zero-order valence-electron chi connectivity index (χ0n) is 13.5. The summed E-state index contributed by atoms with van der Waals surface area (Å²) in [6.07, 6.45) is 1.18. The molecule has 0 radical (unpaired) electrons. The highest BCUT2D eigenvalue weighted by molar-refractivity contribution is 5.92. The van der Waals surface area contributed by atoms with Gasteiger partial charge in [-0.1, -0.05) is 13.8 Å². The number of aliphatic carboxylic acids is 1. The van der Waals surface area contributed by atoms with Gasteiger partial charge in [0.25, 0.3) is 5.91 Å². The number of nitrogens with zero attached hydrogens (tertiary/aromatic N) is 4. The van der Waals surface area contributed by atoms with Crippen molar-refractivity contribution in [2.45, 2.75) is 20.3 Å². The second kappa shape index (κ2) is 7.67. The standard InChI is InChI=1S/C16H19FN4O3/c1-11(2)10-20(8-7-15(22)23)16(24)14-9-18-21(19-14)13-5-3-12(17)4-6-13/h3-6,9,11H,7-8,10H2,1-2H3,(H,22,23). The summed E-state index contributed by atoms with van der Waals surface area (Å²) in [4.78, 5) is 26.0. The molecule has 0 unspecified atom stereocenters. The lowest BCUT2D eigenvalue weighted by atomic mass is 10.2. The van der Waals surface area contributed by atoms with Gasteiger partial charge < -0.3 is 10.0 Å². The highest BCUT2D eigenvalue weighted by Gasteiger charge is 2.21. The number of amides is 1. The average Bonchev–Trinajstić information content (AvgIpc) is 3.01. The van der Waals surface area contributed by atoms with Crippen molar-refractivity contribution in [3.8, 4) is 5.69 Å². The minimum Gasteiger partial charge on any atom is -0.481 e. The summed E-state index contributed by atoms with van der Waals surface area (Å²) in [7, 11) is 0. The van der Waals surface area contributed by atoms with Crippen LogP contribution in [0.3, 0.4) is 0 Å². The van der Waals surface area contributed by atoms with Gasteiger partial charge in [0.05, 0.1) is 18.3 Å². The Morgan fingerprint density at radius 3 is 2.54 bits per heavy atom. The Morgan fingerprint density at radius 2 is 1.96 bits per heavy atom. The number of carbonyl (C=O) groups is 2. The molecule has 1 N–H and O–H groups in total. The van der Waals surface area contributed by atoms with E-state index >= 15 is 0 Å². The molecule has 7 nitrogen and oxygen atoms in total. The first-order valence-corrected chi connectivity index (χ1v) is 7.56. The van der Waals surface area contributed by atoms with Crippen LogP contribution in [0.25, 0.3) is 5.69 Å². The molecule has 0 aliphatic heterocycles. The summed E-state index contributed by atoms with van der Waals surface area (Å²) in [5, 5.41) is 16.9. The van der Waals surface area contributed by atoms with Crippen molar-refractivity contribution in [2.75, 3.05) is 13.1 Å². The number of rotatable bonds is 7. The molecule has 0 saturated carbocycles. The predicted molar refractivity (Wildman–Crippen MR) is 84.3 cm³/mol. The van der Waals surface area contributed by atoms with Crippen LogP contribution in [-0.2, 0) is 4.79 Å². The highest BCUT2D eigenvalue weighted by Crippen LogP contribution is 2.10. The molecule has 1 amide bonds. The van der Waals surface area contributed by atoms with Gasteiger partial charge in [-0.05, 0) is 30.2 Å². The number of carboxylic acid groups (broad SMARTS) is 1. The summed E-state index contributed by atoms with van der Waals surface area (Å²) in [5.41, 5.74) is 0.641. The molecule has 1 aromatic carbocycles. The second-order valence-corrected chi connectivity index (χ2v) is 5.78. The van der Waals surface area contributed by atoms with E-state index in [1.807, 2.05) is 13.8 Å². The highest BCUT2D eigenvalue weighted by atomic mass is 19.1. The molecule has 0 spiro atoms. The molecule has 0 bridgehead atoms. The van der Waals surface area contributed by atoms with Gasteiger partial charge in [0.15, 0.2) is 5.69 Å². The molecule has 2 aromatic rings. The molecule has 8 heteroatoms. The molecular formula is C16H19FN4O3. The maximum atomic E-state index is 13.0. The molecule has 0 saturated heterocycles. The van der Waals surface area contributed by atoms with E-state index in [2.05, 4.69) is 10.2 Å². The van der Waals surface area contributed by atoms with Gasteiger partial charge in [-0.3, -0.25) is 9.59 Å².